The highest BCUT2D eigenvalue weighted by Crippen LogP contribution is 2.29. The van der Waals surface area contributed by atoms with Gasteiger partial charge in [0.05, 0.1) is 24.4 Å². The van der Waals surface area contributed by atoms with Crippen molar-refractivity contribution in [1.82, 2.24) is 20.4 Å². The number of fused-ring (bicyclic) bond motifs is 4. The van der Waals surface area contributed by atoms with Gasteiger partial charge in [0.15, 0.2) is 24.1 Å². The Morgan fingerprint density at radius 1 is 0.548 bits per heavy atom. The Hall–Kier alpha value is -4.96. The predicted octanol–water partition coefficient (Wildman–Crippen LogP) is 7.07. The molecule has 0 aliphatic rings. The van der Waals surface area contributed by atoms with Crippen LogP contribution >= 0.6 is 22.7 Å². The van der Waals surface area contributed by atoms with Gasteiger partial charge >= 0.3 is 0 Å². The Morgan fingerprint density at radius 2 is 0.984 bits per heavy atom. The van der Waals surface area contributed by atoms with Crippen molar-refractivity contribution in [3.05, 3.63) is 105 Å². The molecule has 0 atom stereocenters. The largest absolute Gasteiger partial charge is 0.484 e. The Balaban J connectivity index is 0.792. The number of nitrogens with zero attached hydrogens (tertiary/aromatic N) is 2. The number of hydrogen-bond acceptors (Lipinski definition) is 12. The normalized spacial score (nSPS) is 12.2. The van der Waals surface area contributed by atoms with Crippen LogP contribution in [0.1, 0.15) is 40.5 Å². The summed E-state index contributed by atoms with van der Waals surface area (Å²) in [5.74, 6) is 0.527. The van der Waals surface area contributed by atoms with Crippen molar-refractivity contribution in [1.29, 1.82) is 0 Å². The van der Waals surface area contributed by atoms with E-state index < -0.39 is 0 Å². The minimum absolute atomic E-state index is 0.0359. The zero-order chi connectivity index (χ0) is 44.3. The zero-order valence-electron chi connectivity index (χ0n) is 36.5. The summed E-state index contributed by atoms with van der Waals surface area (Å²) in [4.78, 5) is 55.3. The van der Waals surface area contributed by atoms with Gasteiger partial charge in [-0.15, -0.1) is 22.7 Å². The van der Waals surface area contributed by atoms with E-state index in [-0.39, 0.29) is 47.1 Å². The lowest BCUT2D eigenvalue weighted by atomic mass is 10.0. The zero-order valence-corrected chi connectivity index (χ0v) is 38.2. The molecule has 12 nitrogen and oxygen atoms in total. The second kappa shape index (κ2) is 21.4. The first-order valence-electron chi connectivity index (χ1n) is 21.0. The molecule has 0 aliphatic carbocycles. The van der Waals surface area contributed by atoms with Gasteiger partial charge in [-0.2, -0.15) is 0 Å². The van der Waals surface area contributed by atoms with Crippen molar-refractivity contribution in [2.75, 3.05) is 79.8 Å². The number of nitrogens with one attached hydrogen (secondary N) is 2. The fourth-order valence-electron chi connectivity index (χ4n) is 6.80. The number of ether oxygens (including phenoxy) is 4. The molecule has 0 radical (unpaired) electrons. The minimum Gasteiger partial charge on any atom is -0.484 e. The first kappa shape index (κ1) is 46.5. The quantitative estimate of drug-likeness (QED) is 0.0644. The average molecular weight is 883 g/mol. The molecular formula is C48H58N4O8S2. The van der Waals surface area contributed by atoms with Crippen molar-refractivity contribution in [2.24, 2.45) is 0 Å². The third-order valence-electron chi connectivity index (χ3n) is 10.7. The molecule has 62 heavy (non-hydrogen) atoms. The van der Waals surface area contributed by atoms with E-state index in [2.05, 4.69) is 48.1 Å². The second-order valence-electron chi connectivity index (χ2n) is 16.8. The van der Waals surface area contributed by atoms with Crippen LogP contribution in [0, 0.1) is 0 Å². The van der Waals surface area contributed by atoms with Gasteiger partial charge in [-0.25, -0.2) is 0 Å². The van der Waals surface area contributed by atoms with Crippen LogP contribution in [-0.4, -0.2) is 113 Å². The van der Waals surface area contributed by atoms with Crippen LogP contribution in [0.4, 0.5) is 0 Å². The SMILES string of the molecule is CN(CCNC(=O)COc1ccc2sc3ccccc3c(=O)c2c1)CCOC(C)(C)CCOC(C)(C)CCN(C)CCNC(=O)COc1ccc2sc3ccccc3c(=O)c2c1. The Morgan fingerprint density at radius 3 is 1.50 bits per heavy atom. The van der Waals surface area contributed by atoms with Crippen molar-refractivity contribution >= 4 is 74.8 Å². The number of hydrogen-bond donors (Lipinski definition) is 2. The number of carbonyl (C=O) groups is 2. The summed E-state index contributed by atoms with van der Waals surface area (Å²) < 4.78 is 27.6. The van der Waals surface area contributed by atoms with Crippen molar-refractivity contribution in [3.63, 3.8) is 0 Å². The molecule has 0 bridgehead atoms. The lowest BCUT2D eigenvalue weighted by Gasteiger charge is -2.31. The molecule has 2 amide bonds. The fourth-order valence-corrected chi connectivity index (χ4v) is 8.90. The van der Waals surface area contributed by atoms with Crippen LogP contribution in [-0.2, 0) is 19.1 Å². The summed E-state index contributed by atoms with van der Waals surface area (Å²) in [5.41, 5.74) is -0.775. The molecule has 330 valence electrons. The van der Waals surface area contributed by atoms with Gasteiger partial charge in [0.1, 0.15) is 11.5 Å². The molecule has 2 heterocycles. The standard InChI is InChI=1S/C48H58N4O8S2/c1-47(2,19-23-51(5)24-21-49-43(53)31-57-33-15-17-41-37(29-33)45(55)35-11-7-9-13-39(35)61-41)59-27-20-48(3,4)60-28-26-52(6)25-22-50-44(54)32-58-34-16-18-42-38(30-34)46(56)36-12-8-10-14-40(36)62-42/h7-18,29-30H,19-28,31-32H2,1-6H3,(H,49,53)(H,50,54). The summed E-state index contributed by atoms with van der Waals surface area (Å²) in [6.07, 6.45) is 1.55. The molecule has 0 unspecified atom stereocenters. The third kappa shape index (κ3) is 13.3. The van der Waals surface area contributed by atoms with Crippen molar-refractivity contribution in [2.45, 2.75) is 51.7 Å². The van der Waals surface area contributed by atoms with Gasteiger partial charge in [-0.05, 0) is 115 Å². The van der Waals surface area contributed by atoms with Gasteiger partial charge < -0.3 is 39.4 Å². The van der Waals surface area contributed by atoms with Crippen LogP contribution in [0.3, 0.4) is 0 Å². The van der Waals surface area contributed by atoms with E-state index in [0.717, 1.165) is 38.2 Å². The van der Waals surface area contributed by atoms with Crippen LogP contribution in [0.25, 0.3) is 40.3 Å². The molecule has 6 rings (SSSR count). The fraction of sp³-hybridized carbons (Fsp3) is 0.417. The third-order valence-corrected chi connectivity index (χ3v) is 13.0. The molecule has 2 aromatic heterocycles. The van der Waals surface area contributed by atoms with Crippen molar-refractivity contribution in [3.8, 4) is 11.5 Å². The second-order valence-corrected chi connectivity index (χ2v) is 18.9. The van der Waals surface area contributed by atoms with E-state index in [1.54, 1.807) is 46.9 Å². The molecule has 0 saturated heterocycles. The highest BCUT2D eigenvalue weighted by molar-refractivity contribution is 7.24. The van der Waals surface area contributed by atoms with Gasteiger partial charge in [-0.1, -0.05) is 24.3 Å². The lowest BCUT2D eigenvalue weighted by molar-refractivity contribution is -0.123. The Labute approximate surface area is 370 Å². The molecular weight excluding hydrogens is 825 g/mol. The van der Waals surface area contributed by atoms with E-state index >= 15 is 0 Å². The van der Waals surface area contributed by atoms with E-state index in [0.29, 0.717) is 79.0 Å². The first-order valence-corrected chi connectivity index (χ1v) is 22.6. The molecule has 2 N–H and O–H groups in total. The van der Waals surface area contributed by atoms with E-state index in [1.807, 2.05) is 74.8 Å². The summed E-state index contributed by atoms with van der Waals surface area (Å²) in [6.45, 7) is 12.9. The smallest absolute Gasteiger partial charge is 0.257 e. The molecule has 0 fully saturated rings. The number of amides is 2. The summed E-state index contributed by atoms with van der Waals surface area (Å²) in [7, 11) is 4.01. The summed E-state index contributed by atoms with van der Waals surface area (Å²) in [5, 5.41) is 8.36. The Bertz CT molecular complexity index is 2610. The van der Waals surface area contributed by atoms with E-state index in [4.69, 9.17) is 18.9 Å². The maximum atomic E-state index is 13.0. The van der Waals surface area contributed by atoms with Gasteiger partial charge in [0, 0.05) is 79.6 Å². The molecule has 0 spiro atoms. The molecule has 4 aromatic carbocycles. The van der Waals surface area contributed by atoms with Gasteiger partial charge in [-0.3, -0.25) is 19.2 Å². The van der Waals surface area contributed by atoms with E-state index in [9.17, 15) is 19.2 Å². The number of benzene rings is 4. The maximum absolute atomic E-state index is 13.0. The Kier molecular flexibility index (Phi) is 16.1. The molecule has 6 aromatic rings. The molecule has 0 saturated carbocycles. The van der Waals surface area contributed by atoms with Crippen molar-refractivity contribution < 1.29 is 28.5 Å². The summed E-state index contributed by atoms with van der Waals surface area (Å²) in [6, 6.07) is 25.9. The van der Waals surface area contributed by atoms with Crippen LogP contribution < -0.4 is 31.0 Å². The maximum Gasteiger partial charge on any atom is 0.257 e. The van der Waals surface area contributed by atoms with Crippen LogP contribution in [0.5, 0.6) is 11.5 Å². The number of likely N-dealkylation sites (N-methyl/N-ethyl adjacent to an activating group) is 2. The molecule has 0 aliphatic heterocycles. The lowest BCUT2D eigenvalue weighted by Crippen LogP contribution is -2.38. The highest BCUT2D eigenvalue weighted by atomic mass is 32.1. The molecule has 14 heteroatoms. The first-order chi connectivity index (χ1) is 29.7. The minimum atomic E-state index is -0.368. The van der Waals surface area contributed by atoms with Gasteiger partial charge in [0.2, 0.25) is 0 Å². The topological polar surface area (TPSA) is 136 Å². The number of carbonyl (C=O) groups excluding carboxylic acids is 2. The summed E-state index contributed by atoms with van der Waals surface area (Å²) >= 11 is 3.12. The van der Waals surface area contributed by atoms with Crippen LogP contribution in [0.15, 0.2) is 94.5 Å². The monoisotopic (exact) mass is 882 g/mol. The van der Waals surface area contributed by atoms with E-state index in [1.165, 1.54) is 0 Å². The number of rotatable bonds is 23. The highest BCUT2D eigenvalue weighted by Gasteiger charge is 2.23. The predicted molar refractivity (Wildman–Crippen MR) is 253 cm³/mol. The van der Waals surface area contributed by atoms with Gasteiger partial charge in [0.25, 0.3) is 11.8 Å². The average Bonchev–Trinajstić information content (AvgIpc) is 3.24. The van der Waals surface area contributed by atoms with Crippen LogP contribution in [0.2, 0.25) is 0 Å².